The summed E-state index contributed by atoms with van der Waals surface area (Å²) in [5.41, 5.74) is 1.80. The Balaban J connectivity index is 1.98. The first kappa shape index (κ1) is 15.7. The topological polar surface area (TPSA) is 37.4 Å². The lowest BCUT2D eigenvalue weighted by atomic mass is 10.2. The predicted octanol–water partition coefficient (Wildman–Crippen LogP) is 4.11. The molecule has 0 atom stereocenters. The van der Waals surface area contributed by atoms with Gasteiger partial charge in [-0.25, -0.2) is 8.42 Å². The number of benzene rings is 2. The Bertz CT molecular complexity index is 771. The summed E-state index contributed by atoms with van der Waals surface area (Å²) in [5.74, 6) is 0. The molecule has 0 radical (unpaired) electrons. The molecule has 0 N–H and O–H groups in total. The van der Waals surface area contributed by atoms with Crippen LogP contribution in [-0.4, -0.2) is 18.8 Å². The van der Waals surface area contributed by atoms with E-state index in [1.807, 2.05) is 49.4 Å². The molecule has 0 saturated heterocycles. The number of halogens is 1. The van der Waals surface area contributed by atoms with E-state index in [4.69, 9.17) is 0 Å². The van der Waals surface area contributed by atoms with Gasteiger partial charge >= 0.3 is 0 Å². The molecule has 0 bridgehead atoms. The lowest BCUT2D eigenvalue weighted by molar-refractivity contribution is 0.398. The van der Waals surface area contributed by atoms with E-state index >= 15 is 0 Å². The lowest BCUT2D eigenvalue weighted by Gasteiger charge is -2.23. The average Bonchev–Trinajstić information content (AvgIpc) is 3.32. The van der Waals surface area contributed by atoms with Crippen LogP contribution >= 0.6 is 15.9 Å². The van der Waals surface area contributed by atoms with Gasteiger partial charge in [-0.3, -0.25) is 0 Å². The molecule has 1 fully saturated rings. The van der Waals surface area contributed by atoms with E-state index in [2.05, 4.69) is 15.9 Å². The van der Waals surface area contributed by atoms with Gasteiger partial charge in [0.25, 0.3) is 0 Å². The fraction of sp³-hybridized carbons (Fsp3) is 0.294. The van der Waals surface area contributed by atoms with Gasteiger partial charge in [-0.05, 0) is 43.0 Å². The number of hydrogen-bond donors (Lipinski definition) is 0. The number of sulfonamides is 1. The van der Waals surface area contributed by atoms with E-state index in [1.165, 1.54) is 0 Å². The third-order valence-corrected chi connectivity index (χ3v) is 6.41. The monoisotopic (exact) mass is 379 g/mol. The zero-order valence-electron chi connectivity index (χ0n) is 12.4. The first-order valence-corrected chi connectivity index (χ1v) is 9.54. The first-order chi connectivity index (χ1) is 10.5. The van der Waals surface area contributed by atoms with E-state index in [1.54, 1.807) is 10.4 Å². The molecule has 1 aliphatic carbocycles. The molecule has 0 amide bonds. The highest BCUT2D eigenvalue weighted by atomic mass is 79.9. The van der Waals surface area contributed by atoms with Crippen LogP contribution in [0.15, 0.2) is 57.9 Å². The molecule has 3 nitrogen and oxygen atoms in total. The second-order valence-electron chi connectivity index (χ2n) is 5.68. The molecule has 1 saturated carbocycles. The van der Waals surface area contributed by atoms with Crippen LogP contribution in [0.2, 0.25) is 0 Å². The van der Waals surface area contributed by atoms with Crippen molar-refractivity contribution in [3.8, 4) is 0 Å². The van der Waals surface area contributed by atoms with Crippen LogP contribution in [0.1, 0.15) is 24.0 Å². The van der Waals surface area contributed by atoms with E-state index in [-0.39, 0.29) is 6.04 Å². The molecule has 0 aromatic heterocycles. The van der Waals surface area contributed by atoms with Crippen molar-refractivity contribution in [1.29, 1.82) is 0 Å². The fourth-order valence-electron chi connectivity index (χ4n) is 2.51. The number of hydrogen-bond acceptors (Lipinski definition) is 2. The van der Waals surface area contributed by atoms with Crippen molar-refractivity contribution >= 4 is 26.0 Å². The fourth-order valence-corrected chi connectivity index (χ4v) is 4.95. The molecule has 116 valence electrons. The maximum absolute atomic E-state index is 13.1. The van der Waals surface area contributed by atoms with Crippen LogP contribution in [-0.2, 0) is 16.6 Å². The van der Waals surface area contributed by atoms with E-state index < -0.39 is 10.0 Å². The molecule has 0 unspecified atom stereocenters. The average molecular weight is 380 g/mol. The number of aryl methyl sites for hydroxylation is 1. The summed E-state index contributed by atoms with van der Waals surface area (Å²) < 4.78 is 28.6. The summed E-state index contributed by atoms with van der Waals surface area (Å²) in [6.07, 6.45) is 1.89. The molecule has 0 spiro atoms. The standard InChI is InChI=1S/C17H18BrNO2S/c1-13-7-8-15(18)11-17(13)22(20,21)19(16-9-10-16)12-14-5-3-2-4-6-14/h2-8,11,16H,9-10,12H2,1H3. The predicted molar refractivity (Wildman–Crippen MR) is 91.1 cm³/mol. The Morgan fingerprint density at radius 1 is 1.14 bits per heavy atom. The minimum atomic E-state index is -3.49. The van der Waals surface area contributed by atoms with Crippen LogP contribution in [0.25, 0.3) is 0 Å². The molecule has 1 aliphatic rings. The Kier molecular flexibility index (Phi) is 4.39. The van der Waals surface area contributed by atoms with E-state index in [0.717, 1.165) is 28.4 Å². The molecule has 5 heteroatoms. The van der Waals surface area contributed by atoms with E-state index in [9.17, 15) is 8.42 Å². The number of nitrogens with zero attached hydrogens (tertiary/aromatic N) is 1. The van der Waals surface area contributed by atoms with Gasteiger partial charge in [0.15, 0.2) is 0 Å². The summed E-state index contributed by atoms with van der Waals surface area (Å²) >= 11 is 3.37. The van der Waals surface area contributed by atoms with Crippen molar-refractivity contribution in [2.24, 2.45) is 0 Å². The number of rotatable bonds is 5. The summed E-state index contributed by atoms with van der Waals surface area (Å²) in [5, 5.41) is 0. The largest absolute Gasteiger partial charge is 0.243 e. The summed E-state index contributed by atoms with van der Waals surface area (Å²) in [7, 11) is -3.49. The molecule has 0 heterocycles. The molecule has 0 aliphatic heterocycles. The van der Waals surface area contributed by atoms with Gasteiger partial charge in [-0.2, -0.15) is 4.31 Å². The molecule has 2 aromatic carbocycles. The molecule has 22 heavy (non-hydrogen) atoms. The minimum absolute atomic E-state index is 0.128. The smallest absolute Gasteiger partial charge is 0.207 e. The Labute approximate surface area is 140 Å². The maximum Gasteiger partial charge on any atom is 0.243 e. The minimum Gasteiger partial charge on any atom is -0.207 e. The zero-order chi connectivity index (χ0) is 15.7. The summed E-state index contributed by atoms with van der Waals surface area (Å²) in [6, 6.07) is 15.3. The van der Waals surface area contributed by atoms with Crippen LogP contribution in [0.5, 0.6) is 0 Å². The normalized spacial score (nSPS) is 15.2. The Morgan fingerprint density at radius 3 is 2.45 bits per heavy atom. The van der Waals surface area contributed by atoms with Gasteiger partial charge in [0, 0.05) is 17.1 Å². The second-order valence-corrected chi connectivity index (χ2v) is 8.45. The van der Waals surface area contributed by atoms with Crippen LogP contribution in [0, 0.1) is 6.92 Å². The zero-order valence-corrected chi connectivity index (χ0v) is 14.8. The van der Waals surface area contributed by atoms with Crippen LogP contribution in [0.4, 0.5) is 0 Å². The summed E-state index contributed by atoms with van der Waals surface area (Å²) in [4.78, 5) is 0.393. The first-order valence-electron chi connectivity index (χ1n) is 7.30. The van der Waals surface area contributed by atoms with Crippen LogP contribution in [0.3, 0.4) is 0 Å². The molecule has 3 rings (SSSR count). The highest BCUT2D eigenvalue weighted by molar-refractivity contribution is 9.10. The SMILES string of the molecule is Cc1ccc(Br)cc1S(=O)(=O)N(Cc1ccccc1)C1CC1. The molecular weight excluding hydrogens is 362 g/mol. The van der Waals surface area contributed by atoms with Crippen molar-refractivity contribution in [1.82, 2.24) is 4.31 Å². The third kappa shape index (κ3) is 3.26. The van der Waals surface area contributed by atoms with Crippen molar-refractivity contribution in [3.05, 3.63) is 64.1 Å². The maximum atomic E-state index is 13.1. The highest BCUT2D eigenvalue weighted by Crippen LogP contribution is 2.35. The van der Waals surface area contributed by atoms with Crippen molar-refractivity contribution in [2.75, 3.05) is 0 Å². The van der Waals surface area contributed by atoms with Crippen LogP contribution < -0.4 is 0 Å². The van der Waals surface area contributed by atoms with Gasteiger partial charge in [0.05, 0.1) is 4.90 Å². The third-order valence-electron chi connectivity index (χ3n) is 3.87. The van der Waals surface area contributed by atoms with Gasteiger partial charge in [0.1, 0.15) is 0 Å². The van der Waals surface area contributed by atoms with Crippen molar-refractivity contribution in [3.63, 3.8) is 0 Å². The van der Waals surface area contributed by atoms with Crippen molar-refractivity contribution < 1.29 is 8.42 Å². The second kappa shape index (κ2) is 6.14. The lowest BCUT2D eigenvalue weighted by Crippen LogP contribution is -2.33. The quantitative estimate of drug-likeness (QED) is 0.783. The van der Waals surface area contributed by atoms with Gasteiger partial charge < -0.3 is 0 Å². The molecule has 2 aromatic rings. The van der Waals surface area contributed by atoms with Crippen molar-refractivity contribution in [2.45, 2.75) is 37.2 Å². The Hall–Kier alpha value is -1.17. The molecular formula is C17H18BrNO2S. The highest BCUT2D eigenvalue weighted by Gasteiger charge is 2.38. The van der Waals surface area contributed by atoms with Gasteiger partial charge in [-0.1, -0.05) is 52.3 Å². The summed E-state index contributed by atoms with van der Waals surface area (Å²) in [6.45, 7) is 2.27. The van der Waals surface area contributed by atoms with E-state index in [0.29, 0.717) is 11.4 Å². The van der Waals surface area contributed by atoms with Gasteiger partial charge in [0.2, 0.25) is 10.0 Å². The Morgan fingerprint density at radius 2 is 1.82 bits per heavy atom. The van der Waals surface area contributed by atoms with Gasteiger partial charge in [-0.15, -0.1) is 0 Å².